The number of fused-ring (bicyclic) bond motifs is 1. The van der Waals surface area contributed by atoms with Gasteiger partial charge in [-0.05, 0) is 19.1 Å². The van der Waals surface area contributed by atoms with Crippen molar-refractivity contribution in [3.63, 3.8) is 0 Å². The van der Waals surface area contributed by atoms with Crippen LogP contribution in [0.3, 0.4) is 0 Å². The number of ether oxygens (including phenoxy) is 1. The molecular formula is C18H16N4O4. The molecular weight excluding hydrogens is 336 g/mol. The van der Waals surface area contributed by atoms with Crippen molar-refractivity contribution >= 4 is 28.7 Å². The number of H-pyrrole nitrogens is 1. The number of hydrazone groups is 1. The lowest BCUT2D eigenvalue weighted by Gasteiger charge is -2.12. The highest BCUT2D eigenvalue weighted by molar-refractivity contribution is 5.99. The van der Waals surface area contributed by atoms with Gasteiger partial charge in [0, 0.05) is 28.7 Å². The summed E-state index contributed by atoms with van der Waals surface area (Å²) in [5, 5.41) is 15.9. The first kappa shape index (κ1) is 17.2. The summed E-state index contributed by atoms with van der Waals surface area (Å²) in [5.41, 5.74) is 3.97. The number of carbonyl (C=O) groups is 1. The van der Waals surface area contributed by atoms with Gasteiger partial charge in [-0.2, -0.15) is 5.10 Å². The van der Waals surface area contributed by atoms with E-state index in [2.05, 4.69) is 15.5 Å². The second kappa shape index (κ2) is 7.47. The minimum Gasteiger partial charge on any atom is -0.474 e. The number of aromatic amines is 1. The van der Waals surface area contributed by atoms with Gasteiger partial charge in [0.15, 0.2) is 11.9 Å². The number of para-hydroxylation sites is 3. The molecule has 3 aromatic rings. The number of nitrogens with zero attached hydrogens (tertiary/aromatic N) is 2. The summed E-state index contributed by atoms with van der Waals surface area (Å²) in [5.74, 6) is -0.486. The predicted molar refractivity (Wildman–Crippen MR) is 97.2 cm³/mol. The third-order valence-electron chi connectivity index (χ3n) is 3.73. The topological polar surface area (TPSA) is 110 Å². The van der Waals surface area contributed by atoms with Crippen LogP contribution in [0.25, 0.3) is 10.9 Å². The maximum Gasteiger partial charge on any atom is 0.310 e. The molecule has 3 rings (SSSR count). The molecule has 0 bridgehead atoms. The van der Waals surface area contributed by atoms with E-state index in [1.54, 1.807) is 12.3 Å². The Morgan fingerprint density at radius 1 is 1.27 bits per heavy atom. The van der Waals surface area contributed by atoms with Crippen LogP contribution in [0, 0.1) is 10.1 Å². The van der Waals surface area contributed by atoms with Crippen molar-refractivity contribution in [2.75, 3.05) is 0 Å². The first-order chi connectivity index (χ1) is 12.6. The molecule has 8 heteroatoms. The summed E-state index contributed by atoms with van der Waals surface area (Å²) in [6, 6.07) is 13.6. The third kappa shape index (κ3) is 3.69. The van der Waals surface area contributed by atoms with Crippen LogP contribution in [0.15, 0.2) is 59.8 Å². The van der Waals surface area contributed by atoms with Crippen LogP contribution in [-0.4, -0.2) is 28.1 Å². The molecule has 0 aliphatic rings. The molecule has 26 heavy (non-hydrogen) atoms. The normalized spacial score (nSPS) is 12.2. The number of rotatable bonds is 6. The Labute approximate surface area is 148 Å². The largest absolute Gasteiger partial charge is 0.474 e. The summed E-state index contributed by atoms with van der Waals surface area (Å²) in [7, 11) is 0. The number of nitrogens with one attached hydrogen (secondary N) is 2. The van der Waals surface area contributed by atoms with Crippen LogP contribution in [0.1, 0.15) is 12.5 Å². The second-order valence-corrected chi connectivity index (χ2v) is 5.51. The molecule has 0 radical (unpaired) electrons. The lowest BCUT2D eigenvalue weighted by Crippen LogP contribution is -2.33. The maximum absolute atomic E-state index is 12.1. The van der Waals surface area contributed by atoms with Gasteiger partial charge in [0.05, 0.1) is 11.1 Å². The third-order valence-corrected chi connectivity index (χ3v) is 3.73. The molecule has 1 amide bonds. The zero-order chi connectivity index (χ0) is 18.5. The molecule has 0 saturated heterocycles. The molecule has 8 nitrogen and oxygen atoms in total. The highest BCUT2D eigenvalue weighted by Gasteiger charge is 2.20. The van der Waals surface area contributed by atoms with Gasteiger partial charge in [-0.15, -0.1) is 0 Å². The number of hydrogen-bond donors (Lipinski definition) is 2. The first-order valence-electron chi connectivity index (χ1n) is 7.85. The number of amides is 1. The number of hydrogen-bond acceptors (Lipinski definition) is 5. The summed E-state index contributed by atoms with van der Waals surface area (Å²) in [6.07, 6.45) is 2.36. The first-order valence-corrected chi connectivity index (χ1v) is 7.85. The van der Waals surface area contributed by atoms with E-state index < -0.39 is 16.9 Å². The summed E-state index contributed by atoms with van der Waals surface area (Å²) < 4.78 is 5.39. The smallest absolute Gasteiger partial charge is 0.310 e. The van der Waals surface area contributed by atoms with E-state index in [0.717, 1.165) is 16.5 Å². The van der Waals surface area contributed by atoms with Crippen LogP contribution in [0.5, 0.6) is 5.75 Å². The zero-order valence-corrected chi connectivity index (χ0v) is 13.9. The monoisotopic (exact) mass is 352 g/mol. The van der Waals surface area contributed by atoms with E-state index in [9.17, 15) is 14.9 Å². The Hall–Kier alpha value is -3.68. The van der Waals surface area contributed by atoms with Crippen molar-refractivity contribution in [3.05, 3.63) is 70.4 Å². The molecule has 0 spiro atoms. The fourth-order valence-electron chi connectivity index (χ4n) is 2.41. The Morgan fingerprint density at radius 3 is 2.81 bits per heavy atom. The van der Waals surface area contributed by atoms with E-state index in [1.807, 2.05) is 24.3 Å². The molecule has 0 fully saturated rings. The fraction of sp³-hybridized carbons (Fsp3) is 0.111. The molecule has 0 aliphatic carbocycles. The predicted octanol–water partition coefficient (Wildman–Crippen LogP) is 2.99. The average Bonchev–Trinajstić information content (AvgIpc) is 3.05. The average molecular weight is 352 g/mol. The minimum atomic E-state index is -0.948. The fourth-order valence-corrected chi connectivity index (χ4v) is 2.41. The molecule has 2 aromatic carbocycles. The summed E-state index contributed by atoms with van der Waals surface area (Å²) in [6.45, 7) is 1.49. The van der Waals surface area contributed by atoms with Crippen molar-refractivity contribution in [3.8, 4) is 5.75 Å². The SMILES string of the molecule is C[C@@H](Oc1ccccc1[N+](=O)[O-])C(=O)N/N=C\c1c[nH]c2ccccc12. The van der Waals surface area contributed by atoms with Gasteiger partial charge in [-0.25, -0.2) is 5.43 Å². The number of benzene rings is 2. The molecule has 0 unspecified atom stereocenters. The van der Waals surface area contributed by atoms with Crippen LogP contribution in [-0.2, 0) is 4.79 Å². The molecule has 1 heterocycles. The Bertz CT molecular complexity index is 980. The number of carbonyl (C=O) groups excluding carboxylic acids is 1. The van der Waals surface area contributed by atoms with Crippen molar-refractivity contribution in [1.29, 1.82) is 0 Å². The number of nitro groups is 1. The highest BCUT2D eigenvalue weighted by Crippen LogP contribution is 2.26. The van der Waals surface area contributed by atoms with Gasteiger partial charge in [0.1, 0.15) is 0 Å². The molecule has 2 N–H and O–H groups in total. The quantitative estimate of drug-likeness (QED) is 0.404. The van der Waals surface area contributed by atoms with Crippen molar-refractivity contribution < 1.29 is 14.5 Å². The second-order valence-electron chi connectivity index (χ2n) is 5.51. The van der Waals surface area contributed by atoms with Crippen molar-refractivity contribution in [2.45, 2.75) is 13.0 Å². The van der Waals surface area contributed by atoms with Gasteiger partial charge < -0.3 is 9.72 Å². The van der Waals surface area contributed by atoms with Gasteiger partial charge >= 0.3 is 5.69 Å². The molecule has 1 aromatic heterocycles. The Morgan fingerprint density at radius 2 is 2.00 bits per heavy atom. The van der Waals surface area contributed by atoms with E-state index in [0.29, 0.717) is 0 Å². The van der Waals surface area contributed by atoms with E-state index in [4.69, 9.17) is 4.74 Å². The molecule has 132 valence electrons. The highest BCUT2D eigenvalue weighted by atomic mass is 16.6. The van der Waals surface area contributed by atoms with Crippen molar-refractivity contribution in [2.24, 2.45) is 5.10 Å². The summed E-state index contributed by atoms with van der Waals surface area (Å²) >= 11 is 0. The van der Waals surface area contributed by atoms with Crippen LogP contribution >= 0.6 is 0 Å². The number of aromatic nitrogens is 1. The molecule has 0 aliphatic heterocycles. The lowest BCUT2D eigenvalue weighted by molar-refractivity contribution is -0.386. The van der Waals surface area contributed by atoms with Crippen LogP contribution in [0.2, 0.25) is 0 Å². The van der Waals surface area contributed by atoms with Crippen LogP contribution < -0.4 is 10.2 Å². The maximum atomic E-state index is 12.1. The van der Waals surface area contributed by atoms with Gasteiger partial charge in [-0.3, -0.25) is 14.9 Å². The lowest BCUT2D eigenvalue weighted by atomic mass is 10.2. The Balaban J connectivity index is 1.64. The molecule has 0 saturated carbocycles. The minimum absolute atomic E-state index is 0.0285. The van der Waals surface area contributed by atoms with Gasteiger partial charge in [0.25, 0.3) is 5.91 Å². The van der Waals surface area contributed by atoms with Gasteiger partial charge in [0.2, 0.25) is 0 Å². The van der Waals surface area contributed by atoms with E-state index in [1.165, 1.54) is 31.3 Å². The van der Waals surface area contributed by atoms with E-state index >= 15 is 0 Å². The van der Waals surface area contributed by atoms with E-state index in [-0.39, 0.29) is 11.4 Å². The molecule has 1 atom stereocenters. The number of nitro benzene ring substituents is 1. The standard InChI is InChI=1S/C18H16N4O4/c1-12(26-17-9-5-4-8-16(17)22(24)25)18(23)21-20-11-13-10-19-15-7-3-2-6-14(13)15/h2-12,19H,1H3,(H,21,23)/b20-11-/t12-/m1/s1. The van der Waals surface area contributed by atoms with Crippen LogP contribution in [0.4, 0.5) is 5.69 Å². The summed E-state index contributed by atoms with van der Waals surface area (Å²) in [4.78, 5) is 25.6. The van der Waals surface area contributed by atoms with Gasteiger partial charge in [-0.1, -0.05) is 30.3 Å². The zero-order valence-electron chi connectivity index (χ0n) is 13.9. The van der Waals surface area contributed by atoms with Crippen molar-refractivity contribution in [1.82, 2.24) is 10.4 Å². The Kier molecular flexibility index (Phi) is 4.93.